The number of amides is 2. The van der Waals surface area contributed by atoms with Crippen LogP contribution < -0.4 is 15.4 Å². The molecule has 0 radical (unpaired) electrons. The minimum absolute atomic E-state index is 0.180. The van der Waals surface area contributed by atoms with Crippen LogP contribution in [-0.4, -0.2) is 27.8 Å². The fraction of sp³-hybridized carbons (Fsp3) is 0.172. The fourth-order valence-corrected chi connectivity index (χ4v) is 3.65. The Morgan fingerprint density at radius 3 is 2.27 bits per heavy atom. The molecule has 0 fully saturated rings. The Balaban J connectivity index is 1.44. The van der Waals surface area contributed by atoms with Crippen LogP contribution in [0.2, 0.25) is 0 Å². The van der Waals surface area contributed by atoms with Crippen LogP contribution in [-0.2, 0) is 4.79 Å². The lowest BCUT2D eigenvalue weighted by atomic mass is 10.0. The van der Waals surface area contributed by atoms with Crippen LogP contribution >= 0.6 is 0 Å². The molecule has 0 spiro atoms. The Morgan fingerprint density at radius 1 is 0.919 bits per heavy atom. The van der Waals surface area contributed by atoms with E-state index in [9.17, 15) is 14.0 Å². The Labute approximate surface area is 214 Å². The van der Waals surface area contributed by atoms with E-state index < -0.39 is 6.04 Å². The quantitative estimate of drug-likeness (QED) is 0.302. The first kappa shape index (κ1) is 25.5. The Bertz CT molecular complexity index is 1340. The Morgan fingerprint density at radius 2 is 1.62 bits per heavy atom. The van der Waals surface area contributed by atoms with Crippen molar-refractivity contribution >= 4 is 17.6 Å². The van der Waals surface area contributed by atoms with Crippen LogP contribution in [0, 0.1) is 11.7 Å². The number of rotatable bonds is 9. The summed E-state index contributed by atoms with van der Waals surface area (Å²) in [6, 6.07) is 21.0. The molecule has 4 aromatic rings. The van der Waals surface area contributed by atoms with Crippen LogP contribution in [0.1, 0.15) is 30.6 Å². The highest BCUT2D eigenvalue weighted by Gasteiger charge is 2.23. The third-order valence-electron chi connectivity index (χ3n) is 5.45. The maximum atomic E-state index is 13.1. The molecule has 2 amide bonds. The highest BCUT2D eigenvalue weighted by Crippen LogP contribution is 2.26. The van der Waals surface area contributed by atoms with E-state index in [1.807, 2.05) is 32.0 Å². The minimum Gasteiger partial charge on any atom is -0.457 e. The van der Waals surface area contributed by atoms with Gasteiger partial charge in [0, 0.05) is 18.0 Å². The second-order valence-corrected chi connectivity index (χ2v) is 8.87. The molecule has 8 heteroatoms. The highest BCUT2D eigenvalue weighted by molar-refractivity contribution is 6.00. The van der Waals surface area contributed by atoms with Gasteiger partial charge in [0.25, 0.3) is 5.91 Å². The first-order chi connectivity index (χ1) is 17.9. The maximum absolute atomic E-state index is 13.1. The molecule has 0 aliphatic rings. The van der Waals surface area contributed by atoms with Crippen molar-refractivity contribution in [1.29, 1.82) is 0 Å². The van der Waals surface area contributed by atoms with Gasteiger partial charge < -0.3 is 15.4 Å². The zero-order chi connectivity index (χ0) is 26.2. The highest BCUT2D eigenvalue weighted by atomic mass is 19.1. The number of aromatic nitrogens is 2. The van der Waals surface area contributed by atoms with Gasteiger partial charge in [0.05, 0.1) is 11.3 Å². The second-order valence-electron chi connectivity index (χ2n) is 8.87. The minimum atomic E-state index is -0.735. The first-order valence-corrected chi connectivity index (χ1v) is 11.9. The van der Waals surface area contributed by atoms with Gasteiger partial charge in [0.2, 0.25) is 5.91 Å². The van der Waals surface area contributed by atoms with Gasteiger partial charge in [0.1, 0.15) is 29.2 Å². The van der Waals surface area contributed by atoms with Crippen molar-refractivity contribution in [2.75, 3.05) is 5.32 Å². The summed E-state index contributed by atoms with van der Waals surface area (Å²) in [5.41, 5.74) is 1.87. The van der Waals surface area contributed by atoms with Crippen LogP contribution in [0.5, 0.6) is 11.5 Å². The van der Waals surface area contributed by atoms with Crippen LogP contribution in [0.4, 0.5) is 10.2 Å². The molecule has 1 atom stereocenters. The van der Waals surface area contributed by atoms with Gasteiger partial charge in [-0.3, -0.25) is 14.6 Å². The number of benzene rings is 2. The lowest BCUT2D eigenvalue weighted by Gasteiger charge is -2.20. The summed E-state index contributed by atoms with van der Waals surface area (Å²) in [5.74, 6) is 0.645. The number of hydrogen-bond acceptors (Lipinski definition) is 5. The number of halogens is 1. The van der Waals surface area contributed by atoms with Crippen molar-refractivity contribution in [2.24, 2.45) is 5.92 Å². The van der Waals surface area contributed by atoms with Crippen molar-refractivity contribution in [3.05, 3.63) is 103 Å². The Hall–Kier alpha value is -4.59. The molecular formula is C29H27FN4O3. The number of nitrogens with zero attached hydrogens (tertiary/aromatic N) is 2. The van der Waals surface area contributed by atoms with Gasteiger partial charge in [-0.1, -0.05) is 19.9 Å². The topological polar surface area (TPSA) is 93.2 Å². The molecule has 0 unspecified atom stereocenters. The van der Waals surface area contributed by atoms with Crippen LogP contribution in [0.25, 0.3) is 11.3 Å². The predicted octanol–water partition coefficient (Wildman–Crippen LogP) is 5.86. The molecule has 0 saturated carbocycles. The lowest BCUT2D eigenvalue weighted by Crippen LogP contribution is -2.44. The number of ether oxygens (including phenoxy) is 1. The maximum Gasteiger partial charge on any atom is 0.253 e. The molecule has 0 aliphatic heterocycles. The second kappa shape index (κ2) is 11.9. The van der Waals surface area contributed by atoms with E-state index in [4.69, 9.17) is 4.74 Å². The molecular weight excluding hydrogens is 471 g/mol. The molecule has 37 heavy (non-hydrogen) atoms. The number of hydrogen-bond donors (Lipinski definition) is 2. The van der Waals surface area contributed by atoms with Crippen molar-refractivity contribution in [3.8, 4) is 22.8 Å². The average Bonchev–Trinajstić information content (AvgIpc) is 2.90. The third kappa shape index (κ3) is 7.20. The zero-order valence-corrected chi connectivity index (χ0v) is 20.5. The molecule has 0 bridgehead atoms. The standard InChI is InChI=1S/C29H27FN4O3/c1-19(2)17-26(33-28(35)21-5-4-16-31-18-21)29(36)34-27-7-3-6-25(32-27)20-8-12-23(13-9-20)37-24-14-10-22(30)11-15-24/h3-16,18-19,26H,17H2,1-2H3,(H,33,35)(H,32,34,36)/t26-/m0/s1. The largest absolute Gasteiger partial charge is 0.457 e. The summed E-state index contributed by atoms with van der Waals surface area (Å²) in [5, 5.41) is 5.63. The fourth-order valence-electron chi connectivity index (χ4n) is 3.65. The number of carbonyl (C=O) groups is 2. The first-order valence-electron chi connectivity index (χ1n) is 11.9. The normalized spacial score (nSPS) is 11.6. The van der Waals surface area contributed by atoms with E-state index in [1.165, 1.54) is 18.3 Å². The summed E-state index contributed by atoms with van der Waals surface area (Å²) in [6.07, 6.45) is 3.51. The number of pyridine rings is 2. The van der Waals surface area contributed by atoms with Gasteiger partial charge in [0.15, 0.2) is 0 Å². The van der Waals surface area contributed by atoms with Gasteiger partial charge in [-0.25, -0.2) is 9.37 Å². The third-order valence-corrected chi connectivity index (χ3v) is 5.45. The summed E-state index contributed by atoms with van der Waals surface area (Å²) in [7, 11) is 0. The predicted molar refractivity (Wildman–Crippen MR) is 140 cm³/mol. The van der Waals surface area contributed by atoms with Crippen molar-refractivity contribution in [1.82, 2.24) is 15.3 Å². The van der Waals surface area contributed by atoms with Crippen molar-refractivity contribution < 1.29 is 18.7 Å². The van der Waals surface area contributed by atoms with Crippen LogP contribution in [0.3, 0.4) is 0 Å². The number of nitrogens with one attached hydrogen (secondary N) is 2. The molecule has 2 N–H and O–H groups in total. The van der Waals surface area contributed by atoms with E-state index in [0.29, 0.717) is 35.0 Å². The average molecular weight is 499 g/mol. The van der Waals surface area contributed by atoms with Gasteiger partial charge in [-0.15, -0.1) is 0 Å². The van der Waals surface area contributed by atoms with Crippen molar-refractivity contribution in [2.45, 2.75) is 26.3 Å². The monoisotopic (exact) mass is 498 g/mol. The molecule has 0 aliphatic carbocycles. The molecule has 188 valence electrons. The Kier molecular flexibility index (Phi) is 8.20. The number of anilines is 1. The molecule has 0 saturated heterocycles. The zero-order valence-electron chi connectivity index (χ0n) is 20.5. The summed E-state index contributed by atoms with van der Waals surface area (Å²) in [6.45, 7) is 3.97. The SMILES string of the molecule is CC(C)C[C@H](NC(=O)c1cccnc1)C(=O)Nc1cccc(-c2ccc(Oc3ccc(F)cc3)cc2)n1. The molecule has 2 heterocycles. The summed E-state index contributed by atoms with van der Waals surface area (Å²) in [4.78, 5) is 34.2. The lowest BCUT2D eigenvalue weighted by molar-refractivity contribution is -0.118. The smallest absolute Gasteiger partial charge is 0.253 e. The van der Waals surface area contributed by atoms with E-state index in [0.717, 1.165) is 5.56 Å². The van der Waals surface area contributed by atoms with Gasteiger partial charge >= 0.3 is 0 Å². The summed E-state index contributed by atoms with van der Waals surface area (Å²) < 4.78 is 18.8. The van der Waals surface area contributed by atoms with Gasteiger partial charge in [-0.2, -0.15) is 0 Å². The van der Waals surface area contributed by atoms with E-state index in [1.54, 1.807) is 54.7 Å². The summed E-state index contributed by atoms with van der Waals surface area (Å²) >= 11 is 0. The van der Waals surface area contributed by atoms with E-state index in [-0.39, 0.29) is 23.5 Å². The van der Waals surface area contributed by atoms with E-state index in [2.05, 4.69) is 20.6 Å². The van der Waals surface area contributed by atoms with E-state index >= 15 is 0 Å². The molecule has 7 nitrogen and oxygen atoms in total. The molecule has 2 aromatic carbocycles. The molecule has 4 rings (SSSR count). The van der Waals surface area contributed by atoms with Gasteiger partial charge in [-0.05, 0) is 85.1 Å². The number of carbonyl (C=O) groups excluding carboxylic acids is 2. The molecule has 2 aromatic heterocycles. The van der Waals surface area contributed by atoms with Crippen molar-refractivity contribution in [3.63, 3.8) is 0 Å². The van der Waals surface area contributed by atoms with Crippen LogP contribution in [0.15, 0.2) is 91.3 Å².